The van der Waals surface area contributed by atoms with Crippen molar-refractivity contribution in [1.29, 1.82) is 0 Å². The Morgan fingerprint density at radius 2 is 2.04 bits per heavy atom. The molecule has 1 aromatic carbocycles. The first-order chi connectivity index (χ1) is 11.5. The maximum Gasteiger partial charge on any atom is 0.242 e. The van der Waals surface area contributed by atoms with E-state index >= 15 is 0 Å². The number of carbonyl (C=O) groups is 2. The minimum atomic E-state index is -0.838. The Morgan fingerprint density at radius 1 is 1.33 bits per heavy atom. The van der Waals surface area contributed by atoms with Gasteiger partial charge in [-0.1, -0.05) is 29.8 Å². The second kappa shape index (κ2) is 8.26. The predicted molar refractivity (Wildman–Crippen MR) is 88.0 cm³/mol. The highest BCUT2D eigenvalue weighted by molar-refractivity contribution is 5.86. The number of benzene rings is 1. The summed E-state index contributed by atoms with van der Waals surface area (Å²) in [5.74, 6) is 0.164. The largest absolute Gasteiger partial charge is 0.441 e. The molecule has 0 aliphatic carbocycles. The second-order valence-electron chi connectivity index (χ2n) is 5.46. The van der Waals surface area contributed by atoms with E-state index in [2.05, 4.69) is 10.3 Å². The number of aryl methyl sites for hydroxylation is 2. The first kappa shape index (κ1) is 17.7. The van der Waals surface area contributed by atoms with Gasteiger partial charge in [0.2, 0.25) is 11.8 Å². The van der Waals surface area contributed by atoms with Gasteiger partial charge in [0.1, 0.15) is 6.04 Å². The summed E-state index contributed by atoms with van der Waals surface area (Å²) in [5.41, 5.74) is 7.28. The van der Waals surface area contributed by atoms with Crippen LogP contribution in [0.3, 0.4) is 0 Å². The lowest BCUT2D eigenvalue weighted by Gasteiger charge is -2.13. The topological polar surface area (TPSA) is 107 Å². The number of oxazole rings is 1. The standard InChI is InChI=1S/C17H21N3O4/c1-11-3-5-12(6-4-11)14-9-19-16(24-14)8-7-15(21)20-13(10-23-2)17(18)22/h3-6,9,13H,7-8,10H2,1-2H3,(H2,18,22)(H,20,21). The predicted octanol–water partition coefficient (Wildman–Crippen LogP) is 1.20. The monoisotopic (exact) mass is 331 g/mol. The van der Waals surface area contributed by atoms with Crippen molar-refractivity contribution in [2.45, 2.75) is 25.8 Å². The Bertz CT molecular complexity index is 694. The summed E-state index contributed by atoms with van der Waals surface area (Å²) in [6.45, 7) is 2.05. The Morgan fingerprint density at radius 3 is 2.67 bits per heavy atom. The molecule has 1 atom stereocenters. The van der Waals surface area contributed by atoms with E-state index in [0.29, 0.717) is 18.1 Å². The molecule has 24 heavy (non-hydrogen) atoms. The number of hydrogen-bond donors (Lipinski definition) is 2. The van der Waals surface area contributed by atoms with E-state index in [9.17, 15) is 9.59 Å². The van der Waals surface area contributed by atoms with Crippen molar-refractivity contribution in [2.75, 3.05) is 13.7 Å². The van der Waals surface area contributed by atoms with Crippen LogP contribution in [0.15, 0.2) is 34.9 Å². The molecule has 1 unspecified atom stereocenters. The molecule has 7 heteroatoms. The van der Waals surface area contributed by atoms with Crippen LogP contribution in [0.25, 0.3) is 11.3 Å². The van der Waals surface area contributed by atoms with Crippen LogP contribution >= 0.6 is 0 Å². The van der Waals surface area contributed by atoms with Crippen molar-refractivity contribution in [3.05, 3.63) is 41.9 Å². The molecular weight excluding hydrogens is 310 g/mol. The zero-order valence-corrected chi connectivity index (χ0v) is 13.7. The molecular formula is C17H21N3O4. The minimum absolute atomic E-state index is 0.0393. The van der Waals surface area contributed by atoms with E-state index in [1.807, 2.05) is 31.2 Å². The number of carbonyl (C=O) groups excluding carboxylic acids is 2. The molecule has 0 radical (unpaired) electrons. The molecule has 2 amide bonds. The van der Waals surface area contributed by atoms with Gasteiger partial charge in [-0.15, -0.1) is 0 Å². The Balaban J connectivity index is 1.89. The van der Waals surface area contributed by atoms with E-state index in [1.165, 1.54) is 7.11 Å². The summed E-state index contributed by atoms with van der Waals surface area (Å²) < 4.78 is 10.5. The van der Waals surface area contributed by atoms with Gasteiger partial charge in [0.15, 0.2) is 11.7 Å². The Hall–Kier alpha value is -2.67. The molecule has 0 aliphatic rings. The second-order valence-corrected chi connectivity index (χ2v) is 5.46. The molecule has 0 saturated carbocycles. The molecule has 0 aliphatic heterocycles. The third-order valence-electron chi connectivity index (χ3n) is 3.47. The van der Waals surface area contributed by atoms with Crippen LogP contribution in [-0.2, 0) is 20.7 Å². The number of amides is 2. The van der Waals surface area contributed by atoms with Crippen LogP contribution in [-0.4, -0.2) is 36.6 Å². The van der Waals surface area contributed by atoms with E-state index in [0.717, 1.165) is 11.1 Å². The number of methoxy groups -OCH3 is 1. The molecule has 3 N–H and O–H groups in total. The van der Waals surface area contributed by atoms with Crippen molar-refractivity contribution < 1.29 is 18.7 Å². The molecule has 7 nitrogen and oxygen atoms in total. The number of nitrogens with zero attached hydrogens (tertiary/aromatic N) is 1. The molecule has 0 bridgehead atoms. The van der Waals surface area contributed by atoms with Gasteiger partial charge in [-0.3, -0.25) is 9.59 Å². The fourth-order valence-electron chi connectivity index (χ4n) is 2.13. The zero-order chi connectivity index (χ0) is 17.5. The lowest BCUT2D eigenvalue weighted by molar-refractivity contribution is -0.128. The SMILES string of the molecule is COCC(NC(=O)CCc1ncc(-c2ccc(C)cc2)o1)C(N)=O. The maximum absolute atomic E-state index is 11.9. The summed E-state index contributed by atoms with van der Waals surface area (Å²) in [4.78, 5) is 27.2. The van der Waals surface area contributed by atoms with Crippen LogP contribution < -0.4 is 11.1 Å². The molecule has 0 spiro atoms. The van der Waals surface area contributed by atoms with E-state index in [-0.39, 0.29) is 18.9 Å². The third kappa shape index (κ3) is 4.92. The average Bonchev–Trinajstić information content (AvgIpc) is 3.02. The highest BCUT2D eigenvalue weighted by Gasteiger charge is 2.18. The summed E-state index contributed by atoms with van der Waals surface area (Å²) in [6, 6.07) is 7.05. The lowest BCUT2D eigenvalue weighted by Crippen LogP contribution is -2.47. The van der Waals surface area contributed by atoms with Gasteiger partial charge >= 0.3 is 0 Å². The van der Waals surface area contributed by atoms with Gasteiger partial charge in [0, 0.05) is 25.5 Å². The minimum Gasteiger partial charge on any atom is -0.441 e. The summed E-state index contributed by atoms with van der Waals surface area (Å²) in [5, 5.41) is 2.52. The number of nitrogens with two attached hydrogens (primary N) is 1. The molecule has 2 aromatic rings. The summed E-state index contributed by atoms with van der Waals surface area (Å²) >= 11 is 0. The van der Waals surface area contributed by atoms with Crippen LogP contribution in [0.2, 0.25) is 0 Å². The molecule has 1 heterocycles. The fourth-order valence-corrected chi connectivity index (χ4v) is 2.13. The maximum atomic E-state index is 11.9. The van der Waals surface area contributed by atoms with Gasteiger partial charge in [-0.05, 0) is 6.92 Å². The normalized spacial score (nSPS) is 11.9. The lowest BCUT2D eigenvalue weighted by atomic mass is 10.1. The number of hydrogen-bond acceptors (Lipinski definition) is 5. The highest BCUT2D eigenvalue weighted by atomic mass is 16.5. The van der Waals surface area contributed by atoms with Crippen LogP contribution in [0.5, 0.6) is 0 Å². The van der Waals surface area contributed by atoms with Crippen LogP contribution in [0, 0.1) is 6.92 Å². The molecule has 1 aromatic heterocycles. The molecule has 0 fully saturated rings. The summed E-state index contributed by atoms with van der Waals surface area (Å²) in [7, 11) is 1.43. The van der Waals surface area contributed by atoms with E-state index in [1.54, 1.807) is 6.20 Å². The molecule has 128 valence electrons. The van der Waals surface area contributed by atoms with Gasteiger partial charge in [-0.2, -0.15) is 0 Å². The van der Waals surface area contributed by atoms with E-state index in [4.69, 9.17) is 14.9 Å². The van der Waals surface area contributed by atoms with Gasteiger partial charge in [-0.25, -0.2) is 4.98 Å². The summed E-state index contributed by atoms with van der Waals surface area (Å²) in [6.07, 6.45) is 2.10. The Kier molecular flexibility index (Phi) is 6.08. The van der Waals surface area contributed by atoms with E-state index < -0.39 is 11.9 Å². The van der Waals surface area contributed by atoms with Crippen LogP contribution in [0.1, 0.15) is 17.9 Å². The van der Waals surface area contributed by atoms with Crippen molar-refractivity contribution >= 4 is 11.8 Å². The van der Waals surface area contributed by atoms with Crippen molar-refractivity contribution in [2.24, 2.45) is 5.73 Å². The van der Waals surface area contributed by atoms with Gasteiger partial charge in [0.25, 0.3) is 0 Å². The van der Waals surface area contributed by atoms with Gasteiger partial charge in [0.05, 0.1) is 12.8 Å². The van der Waals surface area contributed by atoms with Gasteiger partial charge < -0.3 is 20.2 Å². The third-order valence-corrected chi connectivity index (χ3v) is 3.47. The van der Waals surface area contributed by atoms with Crippen molar-refractivity contribution in [3.63, 3.8) is 0 Å². The number of nitrogens with one attached hydrogen (secondary N) is 1. The number of ether oxygens (including phenoxy) is 1. The first-order valence-corrected chi connectivity index (χ1v) is 7.59. The zero-order valence-electron chi connectivity index (χ0n) is 13.7. The smallest absolute Gasteiger partial charge is 0.242 e. The highest BCUT2D eigenvalue weighted by Crippen LogP contribution is 2.21. The quantitative estimate of drug-likeness (QED) is 0.756. The van der Waals surface area contributed by atoms with Crippen LogP contribution in [0.4, 0.5) is 0 Å². The van der Waals surface area contributed by atoms with Crippen molar-refractivity contribution in [3.8, 4) is 11.3 Å². The average molecular weight is 331 g/mol. The molecule has 2 rings (SSSR count). The number of rotatable bonds is 8. The fraction of sp³-hybridized carbons (Fsp3) is 0.353. The van der Waals surface area contributed by atoms with Crippen molar-refractivity contribution in [1.82, 2.24) is 10.3 Å². The Labute approximate surface area is 140 Å². The number of primary amides is 1. The first-order valence-electron chi connectivity index (χ1n) is 7.59. The molecule has 0 saturated heterocycles. The number of aromatic nitrogens is 1.